The van der Waals surface area contributed by atoms with Gasteiger partial charge in [-0.15, -0.1) is 0 Å². The topological polar surface area (TPSA) is 17.1 Å². The van der Waals surface area contributed by atoms with E-state index in [1.54, 1.807) is 36.0 Å². The molecule has 0 aliphatic heterocycles. The second-order valence-corrected chi connectivity index (χ2v) is 5.27. The van der Waals surface area contributed by atoms with Crippen LogP contribution in [-0.4, -0.2) is 12.0 Å². The molecule has 92 valence electrons. The lowest BCUT2D eigenvalue weighted by molar-refractivity contribution is 0.103. The summed E-state index contributed by atoms with van der Waals surface area (Å²) < 4.78 is 0. The summed E-state index contributed by atoms with van der Waals surface area (Å²) in [4.78, 5) is 12.2. The van der Waals surface area contributed by atoms with E-state index < -0.39 is 0 Å². The van der Waals surface area contributed by atoms with Gasteiger partial charge in [0.15, 0.2) is 5.78 Å². The molecule has 0 aromatic heterocycles. The second-order valence-electron chi connectivity index (χ2n) is 3.97. The van der Waals surface area contributed by atoms with Gasteiger partial charge in [0.1, 0.15) is 0 Å². The highest BCUT2D eigenvalue weighted by Crippen LogP contribution is 2.16. The van der Waals surface area contributed by atoms with Gasteiger partial charge in [-0.25, -0.2) is 0 Å². The zero-order chi connectivity index (χ0) is 13.0. The molecule has 0 saturated carbocycles. The zero-order valence-corrected chi connectivity index (χ0v) is 11.6. The van der Waals surface area contributed by atoms with Crippen molar-refractivity contribution in [2.24, 2.45) is 0 Å². The molecule has 0 aliphatic carbocycles. The first-order chi connectivity index (χ1) is 8.70. The van der Waals surface area contributed by atoms with Gasteiger partial charge < -0.3 is 0 Å². The molecule has 1 nitrogen and oxygen atoms in total. The Morgan fingerprint density at radius 3 is 2.00 bits per heavy atom. The van der Waals surface area contributed by atoms with E-state index in [-0.39, 0.29) is 5.78 Å². The fourth-order valence-corrected chi connectivity index (χ4v) is 2.34. The Morgan fingerprint density at radius 2 is 1.50 bits per heavy atom. The average Bonchev–Trinajstić information content (AvgIpc) is 2.40. The van der Waals surface area contributed by atoms with Crippen LogP contribution in [0.3, 0.4) is 0 Å². The lowest BCUT2D eigenvalue weighted by Crippen LogP contribution is -2.00. The highest BCUT2D eigenvalue weighted by Gasteiger charge is 2.08. The van der Waals surface area contributed by atoms with Crippen molar-refractivity contribution in [3.63, 3.8) is 0 Å². The van der Waals surface area contributed by atoms with Crippen LogP contribution in [0.4, 0.5) is 0 Å². The Morgan fingerprint density at radius 1 is 1.00 bits per heavy atom. The summed E-state index contributed by atoms with van der Waals surface area (Å²) >= 11 is 7.57. The average molecular weight is 277 g/mol. The summed E-state index contributed by atoms with van der Waals surface area (Å²) in [6.45, 7) is 0. The number of hydrogen-bond donors (Lipinski definition) is 0. The molecule has 0 fully saturated rings. The highest BCUT2D eigenvalue weighted by molar-refractivity contribution is 7.97. The summed E-state index contributed by atoms with van der Waals surface area (Å²) in [6, 6.07) is 14.7. The fraction of sp³-hybridized carbons (Fsp3) is 0.133. The molecule has 3 heteroatoms. The maximum Gasteiger partial charge on any atom is 0.193 e. The van der Waals surface area contributed by atoms with Crippen LogP contribution in [0, 0.1) is 0 Å². The lowest BCUT2D eigenvalue weighted by Gasteiger charge is -2.03. The van der Waals surface area contributed by atoms with Crippen molar-refractivity contribution in [3.05, 3.63) is 70.2 Å². The largest absolute Gasteiger partial charge is 0.289 e. The quantitative estimate of drug-likeness (QED) is 0.768. The van der Waals surface area contributed by atoms with E-state index in [4.69, 9.17) is 11.6 Å². The minimum atomic E-state index is 0.0300. The van der Waals surface area contributed by atoms with Crippen LogP contribution in [0.15, 0.2) is 48.5 Å². The van der Waals surface area contributed by atoms with Crippen LogP contribution < -0.4 is 0 Å². The smallest absolute Gasteiger partial charge is 0.193 e. The van der Waals surface area contributed by atoms with Crippen molar-refractivity contribution in [2.45, 2.75) is 5.75 Å². The number of halogens is 1. The molecule has 0 spiro atoms. The third-order valence-electron chi connectivity index (χ3n) is 2.63. The molecule has 2 aromatic rings. The van der Waals surface area contributed by atoms with Crippen LogP contribution in [0.5, 0.6) is 0 Å². The van der Waals surface area contributed by atoms with Crippen LogP contribution in [0.25, 0.3) is 0 Å². The van der Waals surface area contributed by atoms with E-state index in [0.29, 0.717) is 16.1 Å². The summed E-state index contributed by atoms with van der Waals surface area (Å²) in [7, 11) is 0. The molecule has 0 saturated heterocycles. The van der Waals surface area contributed by atoms with E-state index >= 15 is 0 Å². The zero-order valence-electron chi connectivity index (χ0n) is 10.0. The van der Waals surface area contributed by atoms with Crippen molar-refractivity contribution in [3.8, 4) is 0 Å². The normalized spacial score (nSPS) is 10.3. The first-order valence-corrected chi connectivity index (χ1v) is 7.36. The monoisotopic (exact) mass is 276 g/mol. The van der Waals surface area contributed by atoms with E-state index in [2.05, 4.69) is 6.26 Å². The lowest BCUT2D eigenvalue weighted by atomic mass is 10.0. The SMILES string of the molecule is CSCc1ccc(C(=O)c2ccc(Cl)cc2)cc1. The van der Waals surface area contributed by atoms with E-state index in [9.17, 15) is 4.79 Å². The molecule has 0 amide bonds. The summed E-state index contributed by atoms with van der Waals surface area (Å²) in [5.41, 5.74) is 2.61. The number of hydrogen-bond acceptors (Lipinski definition) is 2. The molecule has 0 heterocycles. The molecule has 0 aliphatic rings. The molecule has 2 aromatic carbocycles. The molecule has 0 bridgehead atoms. The third kappa shape index (κ3) is 3.15. The number of benzene rings is 2. The minimum Gasteiger partial charge on any atom is -0.289 e. The Hall–Kier alpha value is -1.25. The third-order valence-corrected chi connectivity index (χ3v) is 3.51. The Kier molecular flexibility index (Phi) is 4.45. The van der Waals surface area contributed by atoms with Gasteiger partial charge in [-0.1, -0.05) is 35.9 Å². The summed E-state index contributed by atoms with van der Waals surface area (Å²) in [5, 5.41) is 0.641. The fourth-order valence-electron chi connectivity index (χ4n) is 1.69. The van der Waals surface area contributed by atoms with E-state index in [1.165, 1.54) is 5.56 Å². The number of thioether (sulfide) groups is 1. The van der Waals surface area contributed by atoms with Crippen molar-refractivity contribution in [2.75, 3.05) is 6.26 Å². The Labute approximate surface area is 116 Å². The van der Waals surface area contributed by atoms with Crippen molar-refractivity contribution >= 4 is 29.1 Å². The Bertz CT molecular complexity index is 531. The van der Waals surface area contributed by atoms with E-state index in [1.807, 2.05) is 24.3 Å². The summed E-state index contributed by atoms with van der Waals surface area (Å²) in [6.07, 6.45) is 2.06. The molecular weight excluding hydrogens is 264 g/mol. The number of carbonyl (C=O) groups excluding carboxylic acids is 1. The van der Waals surface area contributed by atoms with Crippen LogP contribution in [-0.2, 0) is 5.75 Å². The van der Waals surface area contributed by atoms with Gasteiger partial charge in [-0.2, -0.15) is 11.8 Å². The minimum absolute atomic E-state index is 0.0300. The van der Waals surface area contributed by atoms with Gasteiger partial charge >= 0.3 is 0 Å². The first kappa shape index (κ1) is 13.2. The predicted octanol–water partition coefficient (Wildman–Crippen LogP) is 4.43. The first-order valence-electron chi connectivity index (χ1n) is 5.59. The van der Waals surface area contributed by atoms with Crippen LogP contribution in [0.1, 0.15) is 21.5 Å². The molecule has 0 unspecified atom stereocenters. The maximum atomic E-state index is 12.2. The van der Waals surface area contributed by atoms with Gasteiger partial charge in [0, 0.05) is 21.9 Å². The summed E-state index contributed by atoms with van der Waals surface area (Å²) in [5.74, 6) is 0.998. The Balaban J connectivity index is 2.20. The number of rotatable bonds is 4. The second kappa shape index (κ2) is 6.07. The van der Waals surface area contributed by atoms with Crippen LogP contribution >= 0.6 is 23.4 Å². The van der Waals surface area contributed by atoms with Crippen LogP contribution in [0.2, 0.25) is 5.02 Å². The highest BCUT2D eigenvalue weighted by atomic mass is 35.5. The standard InChI is InChI=1S/C15H13ClOS/c1-18-10-11-2-4-12(5-3-11)15(17)13-6-8-14(16)9-7-13/h2-9H,10H2,1H3. The van der Waals surface area contributed by atoms with Gasteiger partial charge in [0.2, 0.25) is 0 Å². The van der Waals surface area contributed by atoms with Gasteiger partial charge in [0.05, 0.1) is 0 Å². The van der Waals surface area contributed by atoms with E-state index in [0.717, 1.165) is 5.75 Å². The molecule has 0 atom stereocenters. The predicted molar refractivity (Wildman–Crippen MR) is 78.5 cm³/mol. The van der Waals surface area contributed by atoms with Gasteiger partial charge in [-0.05, 0) is 36.1 Å². The van der Waals surface area contributed by atoms with Crippen molar-refractivity contribution in [1.82, 2.24) is 0 Å². The van der Waals surface area contributed by atoms with Crippen molar-refractivity contribution < 1.29 is 4.79 Å². The van der Waals surface area contributed by atoms with Gasteiger partial charge in [-0.3, -0.25) is 4.79 Å². The molecule has 18 heavy (non-hydrogen) atoms. The molecule has 0 radical (unpaired) electrons. The molecule has 2 rings (SSSR count). The van der Waals surface area contributed by atoms with Gasteiger partial charge in [0.25, 0.3) is 0 Å². The molecular formula is C15H13ClOS. The molecule has 0 N–H and O–H groups in total. The maximum absolute atomic E-state index is 12.2. The number of ketones is 1. The van der Waals surface area contributed by atoms with Crippen molar-refractivity contribution in [1.29, 1.82) is 0 Å². The number of carbonyl (C=O) groups is 1.